The van der Waals surface area contributed by atoms with E-state index in [0.29, 0.717) is 17.4 Å². The predicted molar refractivity (Wildman–Crippen MR) is 65.3 cm³/mol. The fourth-order valence-corrected chi connectivity index (χ4v) is 2.88. The minimum Gasteiger partial charge on any atom is -0.478 e. The van der Waals surface area contributed by atoms with Crippen LogP contribution in [0.3, 0.4) is 0 Å². The summed E-state index contributed by atoms with van der Waals surface area (Å²) in [5.41, 5.74) is 1.02. The van der Waals surface area contributed by atoms with E-state index in [1.165, 1.54) is 0 Å². The molecule has 1 atom stereocenters. The molecule has 5 heteroatoms. The van der Waals surface area contributed by atoms with Crippen LogP contribution in [0.1, 0.15) is 22.5 Å². The SMILES string of the molecule is Cc1cc(C(=O)O)cc(NC2CCSC2)n1. The van der Waals surface area contributed by atoms with Crippen molar-refractivity contribution in [1.82, 2.24) is 4.98 Å². The molecule has 0 aromatic carbocycles. The molecule has 1 aromatic rings. The third-order valence-electron chi connectivity index (χ3n) is 2.48. The molecule has 86 valence electrons. The number of nitrogens with zero attached hydrogens (tertiary/aromatic N) is 1. The van der Waals surface area contributed by atoms with Gasteiger partial charge in [0.15, 0.2) is 0 Å². The molecule has 0 amide bonds. The topological polar surface area (TPSA) is 62.2 Å². The lowest BCUT2D eigenvalue weighted by Crippen LogP contribution is -2.19. The Labute approximate surface area is 98.5 Å². The Hall–Kier alpha value is -1.23. The van der Waals surface area contributed by atoms with Crippen LogP contribution in [0.4, 0.5) is 5.82 Å². The maximum absolute atomic E-state index is 10.9. The monoisotopic (exact) mass is 238 g/mol. The number of carboxylic acids is 1. The molecule has 1 unspecified atom stereocenters. The molecule has 0 radical (unpaired) electrons. The lowest BCUT2D eigenvalue weighted by Gasteiger charge is -2.12. The predicted octanol–water partition coefficient (Wildman–Crippen LogP) is 2.01. The van der Waals surface area contributed by atoms with Crippen LogP contribution in [0.25, 0.3) is 0 Å². The molecular weight excluding hydrogens is 224 g/mol. The molecule has 0 spiro atoms. The molecule has 0 bridgehead atoms. The maximum Gasteiger partial charge on any atom is 0.335 e. The first kappa shape index (κ1) is 11.3. The highest BCUT2D eigenvalue weighted by Gasteiger charge is 2.16. The van der Waals surface area contributed by atoms with Crippen LogP contribution in [0.2, 0.25) is 0 Å². The van der Waals surface area contributed by atoms with E-state index in [1.54, 1.807) is 19.1 Å². The van der Waals surface area contributed by atoms with E-state index >= 15 is 0 Å². The average Bonchev–Trinajstić information content (AvgIpc) is 2.69. The molecule has 2 heterocycles. The lowest BCUT2D eigenvalue weighted by molar-refractivity contribution is 0.0696. The molecule has 2 N–H and O–H groups in total. The highest BCUT2D eigenvalue weighted by atomic mass is 32.2. The van der Waals surface area contributed by atoms with Gasteiger partial charge in [0.25, 0.3) is 0 Å². The zero-order valence-electron chi connectivity index (χ0n) is 9.06. The number of hydrogen-bond acceptors (Lipinski definition) is 4. The van der Waals surface area contributed by atoms with Gasteiger partial charge in [0.05, 0.1) is 5.56 Å². The van der Waals surface area contributed by atoms with Gasteiger partial charge in [-0.2, -0.15) is 11.8 Å². The van der Waals surface area contributed by atoms with E-state index in [2.05, 4.69) is 10.3 Å². The zero-order chi connectivity index (χ0) is 11.5. The summed E-state index contributed by atoms with van der Waals surface area (Å²) in [5.74, 6) is 1.99. The molecule has 2 rings (SSSR count). The van der Waals surface area contributed by atoms with E-state index in [9.17, 15) is 4.79 Å². The van der Waals surface area contributed by atoms with Gasteiger partial charge in [-0.25, -0.2) is 9.78 Å². The van der Waals surface area contributed by atoms with Crippen LogP contribution in [-0.4, -0.2) is 33.6 Å². The van der Waals surface area contributed by atoms with Crippen LogP contribution in [0.5, 0.6) is 0 Å². The van der Waals surface area contributed by atoms with Gasteiger partial charge in [-0.1, -0.05) is 0 Å². The Bertz CT molecular complexity index is 403. The van der Waals surface area contributed by atoms with Gasteiger partial charge in [0.1, 0.15) is 5.82 Å². The van der Waals surface area contributed by atoms with Crippen molar-refractivity contribution in [2.75, 3.05) is 16.8 Å². The van der Waals surface area contributed by atoms with Crippen LogP contribution in [-0.2, 0) is 0 Å². The molecule has 1 fully saturated rings. The number of aromatic nitrogens is 1. The van der Waals surface area contributed by atoms with Gasteiger partial charge >= 0.3 is 5.97 Å². The summed E-state index contributed by atoms with van der Waals surface area (Å²) in [5, 5.41) is 12.2. The summed E-state index contributed by atoms with van der Waals surface area (Å²) in [4.78, 5) is 15.2. The number of anilines is 1. The number of thioether (sulfide) groups is 1. The second-order valence-corrected chi connectivity index (χ2v) is 5.04. The maximum atomic E-state index is 10.9. The molecule has 1 aliphatic heterocycles. The van der Waals surface area contributed by atoms with Crippen molar-refractivity contribution >= 4 is 23.5 Å². The van der Waals surface area contributed by atoms with Gasteiger partial charge in [-0.3, -0.25) is 0 Å². The van der Waals surface area contributed by atoms with E-state index in [0.717, 1.165) is 23.6 Å². The number of carbonyl (C=O) groups is 1. The quantitative estimate of drug-likeness (QED) is 0.843. The van der Waals surface area contributed by atoms with E-state index in [4.69, 9.17) is 5.11 Å². The van der Waals surface area contributed by atoms with Crippen LogP contribution in [0.15, 0.2) is 12.1 Å². The fraction of sp³-hybridized carbons (Fsp3) is 0.455. The van der Waals surface area contributed by atoms with Gasteiger partial charge < -0.3 is 10.4 Å². The first-order valence-corrected chi connectivity index (χ1v) is 6.37. The largest absolute Gasteiger partial charge is 0.478 e. The standard InChI is InChI=1S/C11H14N2O2S/c1-7-4-8(11(14)15)5-10(12-7)13-9-2-3-16-6-9/h4-5,9H,2-3,6H2,1H3,(H,12,13)(H,14,15). The zero-order valence-corrected chi connectivity index (χ0v) is 9.88. The molecule has 1 aliphatic rings. The molecule has 4 nitrogen and oxygen atoms in total. The second kappa shape index (κ2) is 4.74. The first-order valence-electron chi connectivity index (χ1n) is 5.21. The van der Waals surface area contributed by atoms with E-state index in [-0.39, 0.29) is 0 Å². The van der Waals surface area contributed by atoms with Gasteiger partial charge in [-0.05, 0) is 31.2 Å². The molecule has 1 aromatic heterocycles. The summed E-state index contributed by atoms with van der Waals surface area (Å²) in [6, 6.07) is 3.59. The molecular formula is C11H14N2O2S. The van der Waals surface area contributed by atoms with Crippen molar-refractivity contribution in [2.24, 2.45) is 0 Å². The summed E-state index contributed by atoms with van der Waals surface area (Å²) in [7, 11) is 0. The highest BCUT2D eigenvalue weighted by Crippen LogP contribution is 2.21. The number of aryl methyl sites for hydroxylation is 1. The van der Waals surface area contributed by atoms with Crippen LogP contribution in [0, 0.1) is 6.92 Å². The Morgan fingerprint density at radius 1 is 1.62 bits per heavy atom. The molecule has 0 aliphatic carbocycles. The first-order chi connectivity index (χ1) is 7.65. The minimum atomic E-state index is -0.908. The lowest BCUT2D eigenvalue weighted by atomic mass is 10.2. The Kier molecular flexibility index (Phi) is 3.33. The number of aromatic carboxylic acids is 1. The van der Waals surface area contributed by atoms with Crippen LogP contribution < -0.4 is 5.32 Å². The van der Waals surface area contributed by atoms with Crippen molar-refractivity contribution in [3.63, 3.8) is 0 Å². The van der Waals surface area contributed by atoms with Crippen molar-refractivity contribution in [3.05, 3.63) is 23.4 Å². The molecule has 1 saturated heterocycles. The highest BCUT2D eigenvalue weighted by molar-refractivity contribution is 7.99. The summed E-state index contributed by atoms with van der Waals surface area (Å²) in [6.07, 6.45) is 1.11. The second-order valence-electron chi connectivity index (χ2n) is 3.89. The van der Waals surface area contributed by atoms with Crippen molar-refractivity contribution in [1.29, 1.82) is 0 Å². The Morgan fingerprint density at radius 3 is 3.06 bits per heavy atom. The third kappa shape index (κ3) is 2.66. The summed E-state index contributed by atoms with van der Waals surface area (Å²) >= 11 is 1.91. The normalized spacial score (nSPS) is 19.7. The Morgan fingerprint density at radius 2 is 2.44 bits per heavy atom. The van der Waals surface area contributed by atoms with Crippen molar-refractivity contribution < 1.29 is 9.90 Å². The molecule has 16 heavy (non-hydrogen) atoms. The number of pyridine rings is 1. The average molecular weight is 238 g/mol. The van der Waals surface area contributed by atoms with Crippen molar-refractivity contribution in [3.8, 4) is 0 Å². The van der Waals surface area contributed by atoms with Crippen LogP contribution >= 0.6 is 11.8 Å². The van der Waals surface area contributed by atoms with Gasteiger partial charge in [0, 0.05) is 17.5 Å². The third-order valence-corrected chi connectivity index (χ3v) is 3.64. The van der Waals surface area contributed by atoms with E-state index in [1.807, 2.05) is 11.8 Å². The van der Waals surface area contributed by atoms with Gasteiger partial charge in [0.2, 0.25) is 0 Å². The number of rotatable bonds is 3. The number of hydrogen-bond donors (Lipinski definition) is 2. The van der Waals surface area contributed by atoms with Gasteiger partial charge in [-0.15, -0.1) is 0 Å². The van der Waals surface area contributed by atoms with E-state index < -0.39 is 5.97 Å². The van der Waals surface area contributed by atoms with Crippen molar-refractivity contribution in [2.45, 2.75) is 19.4 Å². The molecule has 0 saturated carbocycles. The Balaban J connectivity index is 2.16. The smallest absolute Gasteiger partial charge is 0.335 e. The number of carboxylic acid groups (broad SMARTS) is 1. The summed E-state index contributed by atoms with van der Waals surface area (Å²) < 4.78 is 0. The minimum absolute atomic E-state index is 0.292. The fourth-order valence-electron chi connectivity index (χ4n) is 1.72. The summed E-state index contributed by atoms with van der Waals surface area (Å²) in [6.45, 7) is 1.81. The number of nitrogens with one attached hydrogen (secondary N) is 1.